The van der Waals surface area contributed by atoms with Gasteiger partial charge in [-0.15, -0.1) is 0 Å². The summed E-state index contributed by atoms with van der Waals surface area (Å²) < 4.78 is 11.4. The van der Waals surface area contributed by atoms with Gasteiger partial charge in [-0.05, 0) is 75.4 Å². The van der Waals surface area contributed by atoms with Crippen molar-refractivity contribution >= 4 is 16.6 Å². The molecule has 1 aromatic carbocycles. The third-order valence-electron chi connectivity index (χ3n) is 7.59. The molecular formula is C27H41N3O2. The van der Waals surface area contributed by atoms with E-state index < -0.39 is 0 Å². The molecule has 1 saturated heterocycles. The van der Waals surface area contributed by atoms with Gasteiger partial charge in [-0.1, -0.05) is 33.1 Å². The second-order valence-corrected chi connectivity index (χ2v) is 9.61. The third kappa shape index (κ3) is 5.48. The van der Waals surface area contributed by atoms with Gasteiger partial charge < -0.3 is 19.3 Å². The Balaban J connectivity index is 1.33. The number of hydrogen-bond acceptors (Lipinski definition) is 5. The molecule has 1 fully saturated rings. The van der Waals surface area contributed by atoms with Crippen LogP contribution in [0, 0.1) is 11.8 Å². The second-order valence-electron chi connectivity index (χ2n) is 9.61. The minimum absolute atomic E-state index is 0.735. The van der Waals surface area contributed by atoms with E-state index in [1.54, 1.807) is 7.11 Å². The number of benzene rings is 1. The molecule has 0 spiro atoms. The predicted octanol–water partition coefficient (Wildman–Crippen LogP) is 5.76. The highest BCUT2D eigenvalue weighted by Crippen LogP contribution is 2.39. The van der Waals surface area contributed by atoms with Crippen LogP contribution in [0.15, 0.2) is 24.4 Å². The summed E-state index contributed by atoms with van der Waals surface area (Å²) >= 11 is 0. The van der Waals surface area contributed by atoms with E-state index in [9.17, 15) is 0 Å². The maximum atomic E-state index is 5.96. The molecule has 0 amide bonds. The molecule has 3 heterocycles. The summed E-state index contributed by atoms with van der Waals surface area (Å²) in [5.74, 6) is 3.53. The molecule has 2 aromatic rings. The number of rotatable bonds is 10. The number of ether oxygens (including phenoxy) is 2. The summed E-state index contributed by atoms with van der Waals surface area (Å²) in [7, 11) is 1.72. The van der Waals surface area contributed by atoms with Crippen LogP contribution in [0.1, 0.15) is 58.8 Å². The fourth-order valence-corrected chi connectivity index (χ4v) is 5.46. The van der Waals surface area contributed by atoms with E-state index in [0.29, 0.717) is 0 Å². The molecule has 1 atom stereocenters. The first-order chi connectivity index (χ1) is 15.7. The molecule has 32 heavy (non-hydrogen) atoms. The highest BCUT2D eigenvalue weighted by atomic mass is 16.5. The van der Waals surface area contributed by atoms with E-state index >= 15 is 0 Å². The lowest BCUT2D eigenvalue weighted by Crippen LogP contribution is -2.38. The van der Waals surface area contributed by atoms with Crippen LogP contribution in [0.25, 0.3) is 10.9 Å². The lowest BCUT2D eigenvalue weighted by Gasteiger charge is -2.36. The molecule has 176 valence electrons. The van der Waals surface area contributed by atoms with Crippen molar-refractivity contribution in [2.75, 3.05) is 51.3 Å². The average Bonchev–Trinajstić information content (AvgIpc) is 2.85. The van der Waals surface area contributed by atoms with Crippen LogP contribution in [0.2, 0.25) is 0 Å². The Labute approximate surface area is 194 Å². The summed E-state index contributed by atoms with van der Waals surface area (Å²) in [6.45, 7) is 11.3. The second kappa shape index (κ2) is 11.2. The summed E-state index contributed by atoms with van der Waals surface area (Å²) in [6.07, 6.45) is 11.3. The SMILES string of the molecule is CCCC(CC)CCN1CCC(CCN2CCOc3cnc4ccc(OC)cc4c32)CC1. The number of fused-ring (bicyclic) bond motifs is 3. The zero-order valence-electron chi connectivity index (χ0n) is 20.3. The van der Waals surface area contributed by atoms with E-state index in [-0.39, 0.29) is 0 Å². The molecule has 2 aliphatic heterocycles. The van der Waals surface area contributed by atoms with Crippen molar-refractivity contribution in [2.45, 2.75) is 58.8 Å². The molecule has 5 heteroatoms. The fraction of sp³-hybridized carbons (Fsp3) is 0.667. The first-order valence-electron chi connectivity index (χ1n) is 12.8. The third-order valence-corrected chi connectivity index (χ3v) is 7.59. The number of aromatic nitrogens is 1. The Hall–Kier alpha value is -2.01. The van der Waals surface area contributed by atoms with E-state index in [4.69, 9.17) is 9.47 Å². The van der Waals surface area contributed by atoms with Gasteiger partial charge in [-0.2, -0.15) is 0 Å². The van der Waals surface area contributed by atoms with Crippen molar-refractivity contribution in [3.63, 3.8) is 0 Å². The number of hydrogen-bond donors (Lipinski definition) is 0. The summed E-state index contributed by atoms with van der Waals surface area (Å²) in [6, 6.07) is 6.12. The topological polar surface area (TPSA) is 37.8 Å². The van der Waals surface area contributed by atoms with E-state index in [1.807, 2.05) is 18.3 Å². The van der Waals surface area contributed by atoms with Crippen molar-refractivity contribution in [3.8, 4) is 11.5 Å². The van der Waals surface area contributed by atoms with Crippen molar-refractivity contribution in [1.29, 1.82) is 0 Å². The van der Waals surface area contributed by atoms with E-state index in [2.05, 4.69) is 34.7 Å². The van der Waals surface area contributed by atoms with Gasteiger partial charge in [-0.3, -0.25) is 4.98 Å². The van der Waals surface area contributed by atoms with Crippen LogP contribution in [0.3, 0.4) is 0 Å². The highest BCUT2D eigenvalue weighted by Gasteiger charge is 2.25. The molecule has 0 saturated carbocycles. The van der Waals surface area contributed by atoms with Gasteiger partial charge in [-0.25, -0.2) is 0 Å². The number of pyridine rings is 1. The van der Waals surface area contributed by atoms with Crippen LogP contribution in [0.5, 0.6) is 11.5 Å². The quantitative estimate of drug-likeness (QED) is 0.470. The van der Waals surface area contributed by atoms with Gasteiger partial charge in [0.2, 0.25) is 0 Å². The van der Waals surface area contributed by atoms with E-state index in [0.717, 1.165) is 53.9 Å². The van der Waals surface area contributed by atoms with Crippen molar-refractivity contribution < 1.29 is 9.47 Å². The summed E-state index contributed by atoms with van der Waals surface area (Å²) in [4.78, 5) is 9.83. The zero-order valence-corrected chi connectivity index (χ0v) is 20.3. The molecule has 0 radical (unpaired) electrons. The first-order valence-corrected chi connectivity index (χ1v) is 12.8. The molecule has 1 aromatic heterocycles. The molecule has 5 nitrogen and oxygen atoms in total. The van der Waals surface area contributed by atoms with Gasteiger partial charge >= 0.3 is 0 Å². The monoisotopic (exact) mass is 439 g/mol. The molecule has 2 aliphatic rings. The number of methoxy groups -OCH3 is 1. The Bertz CT molecular complexity index is 858. The minimum Gasteiger partial charge on any atom is -0.497 e. The Morgan fingerprint density at radius 1 is 1.12 bits per heavy atom. The maximum absolute atomic E-state index is 5.96. The zero-order chi connectivity index (χ0) is 22.3. The molecule has 0 bridgehead atoms. The summed E-state index contributed by atoms with van der Waals surface area (Å²) in [5.41, 5.74) is 2.20. The van der Waals surface area contributed by atoms with Crippen molar-refractivity contribution in [1.82, 2.24) is 9.88 Å². The van der Waals surface area contributed by atoms with Gasteiger partial charge in [0.15, 0.2) is 5.75 Å². The Morgan fingerprint density at radius 3 is 2.72 bits per heavy atom. The number of likely N-dealkylation sites (tertiary alicyclic amines) is 1. The largest absolute Gasteiger partial charge is 0.497 e. The highest BCUT2D eigenvalue weighted by molar-refractivity contribution is 5.96. The average molecular weight is 440 g/mol. The standard InChI is InChI=1S/C27H41N3O2/c1-4-6-21(5-2)9-13-29-14-10-22(11-15-29)12-16-30-17-18-32-26-20-28-25-8-7-23(31-3)19-24(25)27(26)30/h7-8,19-22H,4-6,9-18H2,1-3H3. The lowest BCUT2D eigenvalue weighted by molar-refractivity contribution is 0.167. The number of nitrogens with zero attached hydrogens (tertiary/aromatic N) is 3. The van der Waals surface area contributed by atoms with Crippen LogP contribution < -0.4 is 14.4 Å². The molecule has 4 rings (SSSR count). The van der Waals surface area contributed by atoms with Crippen LogP contribution in [-0.2, 0) is 0 Å². The first kappa shape index (κ1) is 23.2. The molecule has 0 aliphatic carbocycles. The predicted molar refractivity (Wildman–Crippen MR) is 133 cm³/mol. The van der Waals surface area contributed by atoms with Gasteiger partial charge in [0.05, 0.1) is 31.1 Å². The maximum Gasteiger partial charge on any atom is 0.161 e. The Kier molecular flexibility index (Phi) is 8.12. The minimum atomic E-state index is 0.735. The lowest BCUT2D eigenvalue weighted by atomic mass is 9.92. The van der Waals surface area contributed by atoms with E-state index in [1.165, 1.54) is 70.3 Å². The molecule has 0 N–H and O–H groups in total. The van der Waals surface area contributed by atoms with Crippen LogP contribution in [-0.4, -0.2) is 56.3 Å². The number of piperidine rings is 1. The van der Waals surface area contributed by atoms with Crippen molar-refractivity contribution in [2.24, 2.45) is 11.8 Å². The smallest absolute Gasteiger partial charge is 0.161 e. The van der Waals surface area contributed by atoms with Crippen LogP contribution >= 0.6 is 0 Å². The normalized spacial score (nSPS) is 18.4. The van der Waals surface area contributed by atoms with Gasteiger partial charge in [0, 0.05) is 11.9 Å². The van der Waals surface area contributed by atoms with Crippen LogP contribution in [0.4, 0.5) is 5.69 Å². The molecular weight excluding hydrogens is 398 g/mol. The van der Waals surface area contributed by atoms with Crippen molar-refractivity contribution in [3.05, 3.63) is 24.4 Å². The fourth-order valence-electron chi connectivity index (χ4n) is 5.46. The molecule has 1 unspecified atom stereocenters. The summed E-state index contributed by atoms with van der Waals surface area (Å²) in [5, 5.41) is 1.13. The van der Waals surface area contributed by atoms with Gasteiger partial charge in [0.25, 0.3) is 0 Å². The van der Waals surface area contributed by atoms with Gasteiger partial charge in [0.1, 0.15) is 12.4 Å². The number of anilines is 1. The Morgan fingerprint density at radius 2 is 1.97 bits per heavy atom.